The summed E-state index contributed by atoms with van der Waals surface area (Å²) in [5.41, 5.74) is 3.47. The van der Waals surface area contributed by atoms with Gasteiger partial charge in [0.15, 0.2) is 9.84 Å². The van der Waals surface area contributed by atoms with Gasteiger partial charge in [0, 0.05) is 25.4 Å². The number of hydrogen-bond donors (Lipinski definition) is 1. The Hall–Kier alpha value is -2.11. The Morgan fingerprint density at radius 3 is 1.03 bits per heavy atom. The van der Waals surface area contributed by atoms with Crippen molar-refractivity contribution in [3.05, 3.63) is 59.7 Å². The van der Waals surface area contributed by atoms with Gasteiger partial charge in [0.2, 0.25) is 0 Å². The topological polar surface area (TPSA) is 57.6 Å². The van der Waals surface area contributed by atoms with Gasteiger partial charge < -0.3 is 10.0 Å². The van der Waals surface area contributed by atoms with Crippen molar-refractivity contribution >= 4 is 27.7 Å². The molecule has 0 saturated heterocycles. The van der Waals surface area contributed by atoms with Crippen molar-refractivity contribution in [2.45, 2.75) is 237 Å². The van der Waals surface area contributed by atoms with Gasteiger partial charge in [0.05, 0.1) is 10.6 Å². The van der Waals surface area contributed by atoms with Crippen LogP contribution >= 0.6 is 0 Å². The molecule has 0 spiro atoms. The van der Waals surface area contributed by atoms with E-state index in [0.29, 0.717) is 17.7 Å². The molecule has 0 fully saturated rings. The Balaban J connectivity index is 1.73. The van der Waals surface area contributed by atoms with Gasteiger partial charge in [-0.25, -0.2) is 8.42 Å². The van der Waals surface area contributed by atoms with E-state index in [2.05, 4.69) is 55.2 Å². The van der Waals surface area contributed by atoms with Gasteiger partial charge in [-0.1, -0.05) is 243 Å². The maximum absolute atomic E-state index is 12.6. The summed E-state index contributed by atoms with van der Waals surface area (Å²) in [6, 6.07) is 16.2. The van der Waals surface area contributed by atoms with Gasteiger partial charge in [-0.15, -0.1) is 0 Å². The number of rotatable bonds is 42. The van der Waals surface area contributed by atoms with Crippen LogP contribution in [0.2, 0.25) is 0 Å². The van der Waals surface area contributed by atoms with E-state index in [9.17, 15) is 8.42 Å². The zero-order chi connectivity index (χ0) is 42.3. The summed E-state index contributed by atoms with van der Waals surface area (Å²) in [6.45, 7) is 6.90. The van der Waals surface area contributed by atoms with Crippen molar-refractivity contribution in [3.63, 3.8) is 0 Å². The summed E-state index contributed by atoms with van der Waals surface area (Å²) in [7, 11) is -3.31. The lowest BCUT2D eigenvalue weighted by Crippen LogP contribution is -2.25. The molecule has 2 aromatic carbocycles. The minimum absolute atomic E-state index is 0.0252. The molecule has 0 aliphatic heterocycles. The van der Waals surface area contributed by atoms with Gasteiger partial charge in [-0.05, 0) is 61.1 Å². The first-order valence-corrected chi connectivity index (χ1v) is 27.1. The fourth-order valence-electron chi connectivity index (χ4n) is 8.37. The fraction of sp³-hybridized carbons (Fsp3) is 0.741. The standard InChI is InChI=1S/C54H93NO3S/c1-3-5-7-9-11-13-15-17-19-21-23-25-27-29-31-33-47-55(48-34-32-30-28-26-24-22-20-18-16-14-12-10-8-6-4-2)53-43-39-51(40-44-53)37-38-52-41-45-54(46-42-52)59(57,58)50-36-35-49-56/h37-46,56H,3-36,47-50H2,1-2H3. The van der Waals surface area contributed by atoms with Crippen LogP contribution in [-0.4, -0.2) is 39.0 Å². The molecule has 0 atom stereocenters. The molecular weight excluding hydrogens is 743 g/mol. The number of sulfone groups is 1. The summed E-state index contributed by atoms with van der Waals surface area (Å²) in [6.07, 6.45) is 50.1. The highest BCUT2D eigenvalue weighted by Gasteiger charge is 2.13. The largest absolute Gasteiger partial charge is 0.396 e. The third-order valence-corrected chi connectivity index (χ3v) is 14.2. The van der Waals surface area contributed by atoms with Crippen molar-refractivity contribution in [3.8, 4) is 0 Å². The molecule has 59 heavy (non-hydrogen) atoms. The van der Waals surface area contributed by atoms with Crippen LogP contribution in [0.3, 0.4) is 0 Å². The van der Waals surface area contributed by atoms with Gasteiger partial charge in [0.1, 0.15) is 0 Å². The van der Waals surface area contributed by atoms with E-state index in [1.165, 1.54) is 211 Å². The molecule has 5 heteroatoms. The summed E-state index contributed by atoms with van der Waals surface area (Å²) in [4.78, 5) is 2.99. The lowest BCUT2D eigenvalue weighted by molar-refractivity contribution is 0.287. The highest BCUT2D eigenvalue weighted by Crippen LogP contribution is 2.22. The van der Waals surface area contributed by atoms with Crippen LogP contribution in [0, 0.1) is 0 Å². The van der Waals surface area contributed by atoms with Crippen LogP contribution in [0.4, 0.5) is 5.69 Å². The Morgan fingerprint density at radius 1 is 0.407 bits per heavy atom. The average molecular weight is 836 g/mol. The molecule has 0 radical (unpaired) electrons. The molecular formula is C54H93NO3S. The summed E-state index contributed by atoms with van der Waals surface area (Å²) in [5, 5.41) is 9.00. The van der Waals surface area contributed by atoms with Crippen molar-refractivity contribution < 1.29 is 13.5 Å². The number of aliphatic hydroxyl groups is 1. The van der Waals surface area contributed by atoms with Crippen LogP contribution in [0.1, 0.15) is 243 Å². The molecule has 0 heterocycles. The van der Waals surface area contributed by atoms with Crippen LogP contribution in [0.25, 0.3) is 12.2 Å². The predicted octanol–water partition coefficient (Wildman–Crippen LogP) is 16.7. The molecule has 2 rings (SSSR count). The fourth-order valence-corrected chi connectivity index (χ4v) is 9.74. The highest BCUT2D eigenvalue weighted by molar-refractivity contribution is 7.91. The molecule has 2 aromatic rings. The predicted molar refractivity (Wildman–Crippen MR) is 261 cm³/mol. The summed E-state index contributed by atoms with van der Waals surface area (Å²) < 4.78 is 25.2. The van der Waals surface area contributed by atoms with E-state index < -0.39 is 9.84 Å². The smallest absolute Gasteiger partial charge is 0.178 e. The van der Waals surface area contributed by atoms with E-state index >= 15 is 0 Å². The first kappa shape index (κ1) is 53.0. The highest BCUT2D eigenvalue weighted by atomic mass is 32.2. The van der Waals surface area contributed by atoms with Gasteiger partial charge >= 0.3 is 0 Å². The minimum Gasteiger partial charge on any atom is -0.396 e. The van der Waals surface area contributed by atoms with Gasteiger partial charge in [-0.3, -0.25) is 0 Å². The Bertz CT molecular complexity index is 1300. The quantitative estimate of drug-likeness (QED) is 0.0535. The molecule has 0 aliphatic rings. The van der Waals surface area contributed by atoms with E-state index in [4.69, 9.17) is 5.11 Å². The summed E-state index contributed by atoms with van der Waals surface area (Å²) in [5.74, 6) is 0.0745. The van der Waals surface area contributed by atoms with Crippen LogP contribution in [0.5, 0.6) is 0 Å². The lowest BCUT2D eigenvalue weighted by atomic mass is 10.0. The minimum atomic E-state index is -3.31. The summed E-state index contributed by atoms with van der Waals surface area (Å²) >= 11 is 0. The second kappa shape index (κ2) is 37.6. The Labute approximate surface area is 366 Å². The van der Waals surface area contributed by atoms with E-state index in [1.807, 2.05) is 12.1 Å². The van der Waals surface area contributed by atoms with Crippen molar-refractivity contribution in [2.24, 2.45) is 0 Å². The SMILES string of the molecule is CCCCCCCCCCCCCCCCCCN(CCCCCCCCCCCCCCCCCC)c1ccc(C=Cc2ccc(S(=O)(=O)CCCCO)cc2)cc1. The molecule has 1 N–H and O–H groups in total. The second-order valence-corrected chi connectivity index (χ2v) is 19.9. The molecule has 0 amide bonds. The molecule has 0 aromatic heterocycles. The molecule has 0 bridgehead atoms. The zero-order valence-electron chi connectivity index (χ0n) is 38.8. The third kappa shape index (κ3) is 28.9. The maximum Gasteiger partial charge on any atom is 0.178 e. The molecule has 338 valence electrons. The van der Waals surface area contributed by atoms with Crippen LogP contribution in [0.15, 0.2) is 53.4 Å². The van der Waals surface area contributed by atoms with E-state index in [1.54, 1.807) is 12.1 Å². The Morgan fingerprint density at radius 2 is 0.712 bits per heavy atom. The Kier molecular flexibility index (Phi) is 33.8. The van der Waals surface area contributed by atoms with Crippen molar-refractivity contribution in [1.29, 1.82) is 0 Å². The average Bonchev–Trinajstić information content (AvgIpc) is 3.25. The third-order valence-electron chi connectivity index (χ3n) is 12.4. The number of aliphatic hydroxyl groups excluding tert-OH is 1. The maximum atomic E-state index is 12.6. The van der Waals surface area contributed by atoms with Crippen LogP contribution in [-0.2, 0) is 9.84 Å². The first-order valence-electron chi connectivity index (χ1n) is 25.5. The second-order valence-electron chi connectivity index (χ2n) is 17.8. The zero-order valence-corrected chi connectivity index (χ0v) is 39.6. The van der Waals surface area contributed by atoms with E-state index in [0.717, 1.165) is 24.2 Å². The number of unbranched alkanes of at least 4 members (excludes halogenated alkanes) is 31. The first-order chi connectivity index (χ1) is 29.0. The van der Waals surface area contributed by atoms with Gasteiger partial charge in [0.25, 0.3) is 0 Å². The lowest BCUT2D eigenvalue weighted by Gasteiger charge is -2.25. The monoisotopic (exact) mass is 836 g/mol. The number of hydrogen-bond acceptors (Lipinski definition) is 4. The molecule has 0 saturated carbocycles. The van der Waals surface area contributed by atoms with Crippen molar-refractivity contribution in [1.82, 2.24) is 0 Å². The van der Waals surface area contributed by atoms with E-state index in [-0.39, 0.29) is 12.4 Å². The van der Waals surface area contributed by atoms with Crippen LogP contribution < -0.4 is 4.90 Å². The molecule has 0 aliphatic carbocycles. The number of anilines is 1. The molecule has 0 unspecified atom stereocenters. The van der Waals surface area contributed by atoms with Crippen molar-refractivity contribution in [2.75, 3.05) is 30.3 Å². The number of benzene rings is 2. The molecule has 4 nitrogen and oxygen atoms in total. The van der Waals surface area contributed by atoms with Gasteiger partial charge in [-0.2, -0.15) is 0 Å². The normalized spacial score (nSPS) is 11.9. The number of nitrogens with zero attached hydrogens (tertiary/aromatic N) is 1.